The van der Waals surface area contributed by atoms with Gasteiger partial charge in [-0.1, -0.05) is 13.8 Å². The van der Waals surface area contributed by atoms with Crippen LogP contribution in [0.25, 0.3) is 0 Å². The van der Waals surface area contributed by atoms with Crippen molar-refractivity contribution in [3.8, 4) is 0 Å². The fraction of sp³-hybridized carbons (Fsp3) is 0.556. The van der Waals surface area contributed by atoms with E-state index < -0.39 is 16.1 Å². The Balaban J connectivity index is 2.91. The van der Waals surface area contributed by atoms with Gasteiger partial charge in [-0.05, 0) is 6.42 Å². The quantitative estimate of drug-likeness (QED) is 0.422. The Labute approximate surface area is 100 Å². The van der Waals surface area contributed by atoms with Gasteiger partial charge in [-0.15, -0.1) is 0 Å². The fourth-order valence-electron chi connectivity index (χ4n) is 1.28. The van der Waals surface area contributed by atoms with Crippen molar-refractivity contribution in [2.24, 2.45) is 5.73 Å². The van der Waals surface area contributed by atoms with Crippen molar-refractivity contribution in [1.29, 1.82) is 5.41 Å². The second-order valence-electron chi connectivity index (χ2n) is 3.59. The second kappa shape index (κ2) is 5.28. The number of imidazole rings is 1. The molecule has 0 aliphatic heterocycles. The second-order valence-corrected chi connectivity index (χ2v) is 5.27. The Bertz CT molecular complexity index is 493. The minimum absolute atomic E-state index is 0.00551. The summed E-state index contributed by atoms with van der Waals surface area (Å²) in [7, 11) is -3.69. The summed E-state index contributed by atoms with van der Waals surface area (Å²) in [4.78, 5) is 6.62. The van der Waals surface area contributed by atoms with Crippen LogP contribution in [0.2, 0.25) is 0 Å². The van der Waals surface area contributed by atoms with Gasteiger partial charge in [-0.25, -0.2) is 13.4 Å². The normalized spacial score (nSPS) is 13.5. The van der Waals surface area contributed by atoms with E-state index in [9.17, 15) is 8.42 Å². The Morgan fingerprint density at radius 1 is 1.65 bits per heavy atom. The number of hydrogen-bond acceptors (Lipinski definition) is 4. The summed E-state index contributed by atoms with van der Waals surface area (Å²) in [5.41, 5.74) is 5.29. The minimum Gasteiger partial charge on any atom is -0.386 e. The van der Waals surface area contributed by atoms with Crippen LogP contribution in [0.1, 0.15) is 26.1 Å². The van der Waals surface area contributed by atoms with Crippen LogP contribution in [0.15, 0.2) is 11.2 Å². The SMILES string of the molecule is CCc1ncc(S(=O)(=O)NC(CC)C(=N)N)[nH]1. The Morgan fingerprint density at radius 2 is 2.29 bits per heavy atom. The predicted molar refractivity (Wildman–Crippen MR) is 64.3 cm³/mol. The first kappa shape index (κ1) is 13.7. The van der Waals surface area contributed by atoms with Crippen LogP contribution >= 0.6 is 0 Å². The summed E-state index contributed by atoms with van der Waals surface area (Å²) >= 11 is 0. The van der Waals surface area contributed by atoms with Crippen LogP contribution in [0.5, 0.6) is 0 Å². The summed E-state index contributed by atoms with van der Waals surface area (Å²) in [6.07, 6.45) is 2.30. The monoisotopic (exact) mass is 259 g/mol. The Kier molecular flexibility index (Phi) is 4.24. The lowest BCUT2D eigenvalue weighted by Crippen LogP contribution is -2.43. The molecule has 1 aromatic heterocycles. The van der Waals surface area contributed by atoms with Gasteiger partial charge in [0.15, 0.2) is 5.03 Å². The molecule has 0 aliphatic rings. The van der Waals surface area contributed by atoms with E-state index in [4.69, 9.17) is 11.1 Å². The van der Waals surface area contributed by atoms with Gasteiger partial charge in [0, 0.05) is 6.42 Å². The number of aromatic amines is 1. The molecule has 0 aromatic carbocycles. The lowest BCUT2D eigenvalue weighted by atomic mass is 10.2. The molecule has 5 N–H and O–H groups in total. The number of sulfonamides is 1. The lowest BCUT2D eigenvalue weighted by Gasteiger charge is -2.14. The molecule has 0 bridgehead atoms. The number of rotatable bonds is 6. The maximum atomic E-state index is 11.9. The summed E-state index contributed by atoms with van der Waals surface area (Å²) in [6, 6.07) is -0.687. The molecule has 1 rings (SSSR count). The number of hydrogen-bond donors (Lipinski definition) is 4. The van der Waals surface area contributed by atoms with Crippen molar-refractivity contribution >= 4 is 15.9 Å². The van der Waals surface area contributed by atoms with E-state index in [1.165, 1.54) is 6.20 Å². The van der Waals surface area contributed by atoms with Gasteiger partial charge in [0.25, 0.3) is 10.0 Å². The van der Waals surface area contributed by atoms with Crippen LogP contribution < -0.4 is 10.5 Å². The van der Waals surface area contributed by atoms with Crippen molar-refractivity contribution in [2.75, 3.05) is 0 Å². The average Bonchev–Trinajstić information content (AvgIpc) is 2.74. The van der Waals surface area contributed by atoms with Gasteiger partial charge in [-0.3, -0.25) is 5.41 Å². The minimum atomic E-state index is -3.69. The zero-order valence-electron chi connectivity index (χ0n) is 9.82. The Hall–Kier alpha value is -1.41. The van der Waals surface area contributed by atoms with E-state index in [0.717, 1.165) is 0 Å². The van der Waals surface area contributed by atoms with E-state index in [0.29, 0.717) is 18.7 Å². The van der Waals surface area contributed by atoms with Crippen molar-refractivity contribution in [3.05, 3.63) is 12.0 Å². The highest BCUT2D eigenvalue weighted by Gasteiger charge is 2.22. The van der Waals surface area contributed by atoms with Gasteiger partial charge < -0.3 is 10.7 Å². The van der Waals surface area contributed by atoms with Crippen molar-refractivity contribution < 1.29 is 8.42 Å². The van der Waals surface area contributed by atoms with E-state index >= 15 is 0 Å². The number of aromatic nitrogens is 2. The average molecular weight is 259 g/mol. The number of nitrogens with zero attached hydrogens (tertiary/aromatic N) is 1. The van der Waals surface area contributed by atoms with Gasteiger partial charge in [0.1, 0.15) is 11.7 Å². The third-order valence-electron chi connectivity index (χ3n) is 2.31. The molecule has 8 heteroatoms. The van der Waals surface area contributed by atoms with Crippen LogP contribution in [0.4, 0.5) is 0 Å². The number of nitrogens with two attached hydrogens (primary N) is 1. The van der Waals surface area contributed by atoms with E-state index in [1.807, 2.05) is 6.92 Å². The summed E-state index contributed by atoms with van der Waals surface area (Å²) in [5, 5.41) is 7.25. The molecule has 1 aromatic rings. The zero-order valence-corrected chi connectivity index (χ0v) is 10.6. The van der Waals surface area contributed by atoms with Gasteiger partial charge in [-0.2, -0.15) is 4.72 Å². The van der Waals surface area contributed by atoms with E-state index in [1.54, 1.807) is 6.92 Å². The summed E-state index contributed by atoms with van der Waals surface area (Å²) in [5.74, 6) is 0.396. The van der Waals surface area contributed by atoms with Crippen molar-refractivity contribution in [1.82, 2.24) is 14.7 Å². The fourth-order valence-corrected chi connectivity index (χ4v) is 2.52. The molecule has 1 unspecified atom stereocenters. The molecule has 0 amide bonds. The highest BCUT2D eigenvalue weighted by molar-refractivity contribution is 7.89. The smallest absolute Gasteiger partial charge is 0.258 e. The molecule has 0 saturated heterocycles. The van der Waals surface area contributed by atoms with E-state index in [2.05, 4.69) is 14.7 Å². The number of H-pyrrole nitrogens is 1. The lowest BCUT2D eigenvalue weighted by molar-refractivity contribution is 0.568. The highest BCUT2D eigenvalue weighted by atomic mass is 32.2. The van der Waals surface area contributed by atoms with Crippen molar-refractivity contribution in [2.45, 2.75) is 37.8 Å². The first-order valence-corrected chi connectivity index (χ1v) is 6.79. The first-order valence-electron chi connectivity index (χ1n) is 5.30. The molecule has 7 nitrogen and oxygen atoms in total. The maximum Gasteiger partial charge on any atom is 0.258 e. The molecule has 0 aliphatic carbocycles. The standard InChI is InChI=1S/C9H17N5O2S/c1-3-6(9(10)11)14-17(15,16)8-5-12-7(4-2)13-8/h5-6,14H,3-4H2,1-2H3,(H3,10,11)(H,12,13). The van der Waals surface area contributed by atoms with Gasteiger partial charge in [0.2, 0.25) is 0 Å². The van der Waals surface area contributed by atoms with Crippen LogP contribution in [-0.2, 0) is 16.4 Å². The largest absolute Gasteiger partial charge is 0.386 e. The molecule has 0 fully saturated rings. The summed E-state index contributed by atoms with van der Waals surface area (Å²) in [6.45, 7) is 3.62. The maximum absolute atomic E-state index is 11.9. The van der Waals surface area contributed by atoms with E-state index in [-0.39, 0.29) is 10.9 Å². The predicted octanol–water partition coefficient (Wildman–Crippen LogP) is -0.0350. The highest BCUT2D eigenvalue weighted by Crippen LogP contribution is 2.07. The molecule has 96 valence electrons. The zero-order chi connectivity index (χ0) is 13.1. The Morgan fingerprint density at radius 3 is 2.71 bits per heavy atom. The number of aryl methyl sites for hydroxylation is 1. The van der Waals surface area contributed by atoms with Gasteiger partial charge >= 0.3 is 0 Å². The van der Waals surface area contributed by atoms with Crippen LogP contribution in [0.3, 0.4) is 0 Å². The molecular formula is C9H17N5O2S. The molecule has 0 saturated carbocycles. The van der Waals surface area contributed by atoms with Crippen LogP contribution in [0, 0.1) is 5.41 Å². The summed E-state index contributed by atoms with van der Waals surface area (Å²) < 4.78 is 26.1. The number of nitrogens with one attached hydrogen (secondary N) is 3. The topological polar surface area (TPSA) is 125 Å². The molecular weight excluding hydrogens is 242 g/mol. The molecule has 1 heterocycles. The molecule has 0 spiro atoms. The van der Waals surface area contributed by atoms with Crippen LogP contribution in [-0.4, -0.2) is 30.3 Å². The molecule has 0 radical (unpaired) electrons. The molecule has 17 heavy (non-hydrogen) atoms. The number of amidine groups is 1. The third kappa shape index (κ3) is 3.27. The molecule has 1 atom stereocenters. The first-order chi connectivity index (χ1) is 7.90. The van der Waals surface area contributed by atoms with Crippen molar-refractivity contribution in [3.63, 3.8) is 0 Å². The van der Waals surface area contributed by atoms with Gasteiger partial charge in [0.05, 0.1) is 12.2 Å². The third-order valence-corrected chi connectivity index (χ3v) is 3.69.